The predicted molar refractivity (Wildman–Crippen MR) is 84.4 cm³/mol. The molecule has 1 aromatic rings. The number of hydrogen-bond donors (Lipinski definition) is 0. The van der Waals surface area contributed by atoms with Crippen LogP contribution in [0, 0.1) is 5.82 Å². The van der Waals surface area contributed by atoms with Gasteiger partial charge in [0, 0.05) is 5.56 Å². The molecule has 23 heavy (non-hydrogen) atoms. The molecule has 1 aliphatic heterocycles. The van der Waals surface area contributed by atoms with E-state index in [1.807, 2.05) is 27.7 Å². The second-order valence-electron chi connectivity index (χ2n) is 6.54. The third kappa shape index (κ3) is 3.35. The summed E-state index contributed by atoms with van der Waals surface area (Å²) in [5.41, 5.74) is -0.169. The summed E-state index contributed by atoms with van der Waals surface area (Å²) in [6.07, 6.45) is -0.0933. The normalized spacial score (nSPS) is 18.8. The lowest BCUT2D eigenvalue weighted by molar-refractivity contribution is -0.139. The second kappa shape index (κ2) is 6.13. The quantitative estimate of drug-likeness (QED) is 0.625. The number of benzene rings is 1. The average molecular weight is 324 g/mol. The van der Waals surface area contributed by atoms with E-state index in [0.717, 1.165) is 0 Å². The van der Waals surface area contributed by atoms with Gasteiger partial charge in [-0.25, -0.2) is 4.39 Å². The number of rotatable bonds is 4. The van der Waals surface area contributed by atoms with E-state index in [-0.39, 0.29) is 12.2 Å². The molecule has 0 radical (unpaired) electrons. The molecule has 2 rings (SSSR count). The van der Waals surface area contributed by atoms with Crippen LogP contribution >= 0.6 is 0 Å². The van der Waals surface area contributed by atoms with E-state index >= 15 is 0 Å². The molecule has 1 saturated heterocycles. The Bertz CT molecular complexity index is 599. The van der Waals surface area contributed by atoms with Crippen molar-refractivity contribution in [3.8, 4) is 5.75 Å². The number of ether oxygens (including phenoxy) is 2. The van der Waals surface area contributed by atoms with E-state index in [0.29, 0.717) is 11.0 Å². The molecule has 1 heterocycles. The second-order valence-corrected chi connectivity index (χ2v) is 6.54. The molecule has 1 aromatic carbocycles. The molecule has 0 N–H and O–H groups in total. The molecule has 0 bridgehead atoms. The molecule has 0 amide bonds. The van der Waals surface area contributed by atoms with Crippen LogP contribution in [0.5, 0.6) is 5.75 Å². The monoisotopic (exact) mass is 324 g/mol. The lowest BCUT2D eigenvalue weighted by Crippen LogP contribution is -2.41. The van der Waals surface area contributed by atoms with Gasteiger partial charge in [-0.15, -0.1) is 0 Å². The van der Waals surface area contributed by atoms with Crippen LogP contribution in [-0.4, -0.2) is 38.5 Å². The number of carbonyl (C=O) groups excluding carboxylic acids is 1. The zero-order chi connectivity index (χ0) is 17.4. The minimum Gasteiger partial charge on any atom is -0.493 e. The first-order chi connectivity index (χ1) is 10.6. The molecule has 0 unspecified atom stereocenters. The minimum atomic E-state index is -0.711. The fourth-order valence-corrected chi connectivity index (χ4v) is 2.38. The Morgan fingerprint density at radius 1 is 1.17 bits per heavy atom. The first kappa shape index (κ1) is 17.8. The highest BCUT2D eigenvalue weighted by atomic mass is 19.1. The van der Waals surface area contributed by atoms with Crippen molar-refractivity contribution >= 4 is 18.6 Å². The van der Waals surface area contributed by atoms with Crippen LogP contribution in [0.3, 0.4) is 0 Å². The molecule has 1 aliphatic rings. The topological polar surface area (TPSA) is 54.0 Å². The summed E-state index contributed by atoms with van der Waals surface area (Å²) in [6, 6.07) is 2.96. The summed E-state index contributed by atoms with van der Waals surface area (Å²) >= 11 is 0. The Balaban J connectivity index is 2.39. The standard InChI is InChI=1S/C16H22BFO5/c1-15(2)16(3,4)23-17(22-15)11-7-10(8-13(19)20-5)14(21-6)12(18)9-11/h7,9H,8H2,1-6H3. The molecule has 7 heteroatoms. The first-order valence-corrected chi connectivity index (χ1v) is 7.40. The van der Waals surface area contributed by atoms with E-state index in [4.69, 9.17) is 14.0 Å². The van der Waals surface area contributed by atoms with Gasteiger partial charge < -0.3 is 18.8 Å². The summed E-state index contributed by atoms with van der Waals surface area (Å²) < 4.78 is 35.9. The van der Waals surface area contributed by atoms with Crippen LogP contribution in [-0.2, 0) is 25.3 Å². The van der Waals surface area contributed by atoms with Crippen molar-refractivity contribution in [2.24, 2.45) is 0 Å². The molecule has 0 aromatic heterocycles. The summed E-state index contributed by atoms with van der Waals surface area (Å²) in [7, 11) is 1.92. The van der Waals surface area contributed by atoms with Crippen LogP contribution in [0.25, 0.3) is 0 Å². The Morgan fingerprint density at radius 3 is 2.22 bits per heavy atom. The van der Waals surface area contributed by atoms with Gasteiger partial charge in [-0.3, -0.25) is 4.79 Å². The summed E-state index contributed by atoms with van der Waals surface area (Å²) in [5, 5.41) is 0. The molecule has 126 valence electrons. The highest BCUT2D eigenvalue weighted by molar-refractivity contribution is 6.62. The summed E-state index contributed by atoms with van der Waals surface area (Å²) in [5.74, 6) is -1.02. The predicted octanol–water partition coefficient (Wildman–Crippen LogP) is 1.85. The number of carbonyl (C=O) groups is 1. The number of halogens is 1. The molecule has 0 atom stereocenters. The lowest BCUT2D eigenvalue weighted by Gasteiger charge is -2.32. The Labute approximate surface area is 136 Å². The average Bonchev–Trinajstić information content (AvgIpc) is 2.67. The molecule has 0 spiro atoms. The Morgan fingerprint density at radius 2 is 1.74 bits per heavy atom. The van der Waals surface area contributed by atoms with Crippen LogP contribution in [0.1, 0.15) is 33.3 Å². The first-order valence-electron chi connectivity index (χ1n) is 7.40. The van der Waals surface area contributed by atoms with Crippen molar-refractivity contribution in [1.29, 1.82) is 0 Å². The number of methoxy groups -OCH3 is 2. The summed E-state index contributed by atoms with van der Waals surface area (Å²) in [6.45, 7) is 7.68. The van der Waals surface area contributed by atoms with E-state index < -0.39 is 30.1 Å². The third-order valence-corrected chi connectivity index (χ3v) is 4.43. The van der Waals surface area contributed by atoms with Gasteiger partial charge in [-0.05, 0) is 39.2 Å². The van der Waals surface area contributed by atoms with Crippen molar-refractivity contribution in [2.45, 2.75) is 45.3 Å². The maximum absolute atomic E-state index is 14.3. The SMILES string of the molecule is COC(=O)Cc1cc(B2OC(C)(C)C(C)(C)O2)cc(F)c1OC. The lowest BCUT2D eigenvalue weighted by atomic mass is 9.78. The van der Waals surface area contributed by atoms with Gasteiger partial charge in [0.05, 0.1) is 31.8 Å². The van der Waals surface area contributed by atoms with Gasteiger partial charge in [0.2, 0.25) is 0 Å². The third-order valence-electron chi connectivity index (χ3n) is 4.43. The molecule has 1 fully saturated rings. The summed E-state index contributed by atoms with van der Waals surface area (Å²) in [4.78, 5) is 11.5. The molecular formula is C16H22BFO5. The van der Waals surface area contributed by atoms with Crippen molar-refractivity contribution in [3.63, 3.8) is 0 Å². The van der Waals surface area contributed by atoms with Gasteiger partial charge in [0.1, 0.15) is 0 Å². The van der Waals surface area contributed by atoms with Gasteiger partial charge in [-0.2, -0.15) is 0 Å². The zero-order valence-corrected chi connectivity index (χ0v) is 14.4. The van der Waals surface area contributed by atoms with E-state index in [1.54, 1.807) is 6.07 Å². The fraction of sp³-hybridized carbons (Fsp3) is 0.562. The minimum absolute atomic E-state index is 0.0238. The van der Waals surface area contributed by atoms with Gasteiger partial charge >= 0.3 is 13.1 Å². The number of hydrogen-bond acceptors (Lipinski definition) is 5. The van der Waals surface area contributed by atoms with Crippen molar-refractivity contribution in [3.05, 3.63) is 23.5 Å². The molecule has 0 saturated carbocycles. The van der Waals surface area contributed by atoms with Gasteiger partial charge in [-0.1, -0.05) is 6.07 Å². The Hall–Kier alpha value is -1.60. The van der Waals surface area contributed by atoms with Crippen molar-refractivity contribution in [2.75, 3.05) is 14.2 Å². The van der Waals surface area contributed by atoms with Crippen LogP contribution in [0.15, 0.2) is 12.1 Å². The van der Waals surface area contributed by atoms with Crippen LogP contribution in [0.4, 0.5) is 4.39 Å². The van der Waals surface area contributed by atoms with Gasteiger partial charge in [0.15, 0.2) is 11.6 Å². The molecule has 0 aliphatic carbocycles. The zero-order valence-electron chi connectivity index (χ0n) is 14.4. The van der Waals surface area contributed by atoms with Crippen molar-refractivity contribution < 1.29 is 28.0 Å². The maximum Gasteiger partial charge on any atom is 0.494 e. The highest BCUT2D eigenvalue weighted by Gasteiger charge is 2.52. The van der Waals surface area contributed by atoms with Crippen molar-refractivity contribution in [1.82, 2.24) is 0 Å². The van der Waals surface area contributed by atoms with Crippen LogP contribution in [0.2, 0.25) is 0 Å². The van der Waals surface area contributed by atoms with E-state index in [2.05, 4.69) is 4.74 Å². The molecular weight excluding hydrogens is 302 g/mol. The number of esters is 1. The Kier molecular flexibility index (Phi) is 4.73. The highest BCUT2D eigenvalue weighted by Crippen LogP contribution is 2.37. The van der Waals surface area contributed by atoms with E-state index in [9.17, 15) is 9.18 Å². The smallest absolute Gasteiger partial charge is 0.493 e. The van der Waals surface area contributed by atoms with Gasteiger partial charge in [0.25, 0.3) is 0 Å². The van der Waals surface area contributed by atoms with E-state index in [1.165, 1.54) is 20.3 Å². The largest absolute Gasteiger partial charge is 0.494 e. The molecule has 5 nitrogen and oxygen atoms in total. The maximum atomic E-state index is 14.3. The van der Waals surface area contributed by atoms with Crippen LogP contribution < -0.4 is 10.2 Å². The fourth-order valence-electron chi connectivity index (χ4n) is 2.38.